The topological polar surface area (TPSA) is 37.4 Å². The van der Waals surface area contributed by atoms with E-state index < -0.39 is 15.8 Å². The van der Waals surface area contributed by atoms with Gasteiger partial charge in [0.25, 0.3) is 0 Å². The largest absolute Gasteiger partial charge is 0.246 e. The standard InChI is InChI=1S/C13H16BrClFNO2S/c1-8-6-17(7-9(8)2)20(18,19)12-4-11(14)3-10(5-15)13(12)16/h3-4,8-9H,5-7H2,1-2H3. The Morgan fingerprint density at radius 2 is 1.90 bits per heavy atom. The van der Waals surface area contributed by atoms with E-state index in [1.54, 1.807) is 0 Å². The molecular weight excluding hydrogens is 369 g/mol. The van der Waals surface area contributed by atoms with Crippen molar-refractivity contribution >= 4 is 37.6 Å². The Morgan fingerprint density at radius 1 is 1.35 bits per heavy atom. The predicted octanol–water partition coefficient (Wildman–Crippen LogP) is 3.60. The second kappa shape index (κ2) is 5.91. The maximum Gasteiger partial charge on any atom is 0.246 e. The lowest BCUT2D eigenvalue weighted by molar-refractivity contribution is 0.456. The summed E-state index contributed by atoms with van der Waals surface area (Å²) in [5.74, 6) is -0.281. The van der Waals surface area contributed by atoms with Crippen LogP contribution in [0.5, 0.6) is 0 Å². The molecule has 1 aromatic rings. The molecule has 112 valence electrons. The van der Waals surface area contributed by atoms with Gasteiger partial charge in [-0.1, -0.05) is 29.8 Å². The summed E-state index contributed by atoms with van der Waals surface area (Å²) in [4.78, 5) is -0.302. The van der Waals surface area contributed by atoms with Crippen LogP contribution in [0.4, 0.5) is 4.39 Å². The molecule has 2 unspecified atom stereocenters. The van der Waals surface area contributed by atoms with Gasteiger partial charge in [-0.05, 0) is 24.0 Å². The fourth-order valence-electron chi connectivity index (χ4n) is 2.32. The molecule has 20 heavy (non-hydrogen) atoms. The molecule has 1 aliphatic heterocycles. The molecule has 1 saturated heterocycles. The van der Waals surface area contributed by atoms with Gasteiger partial charge in [0, 0.05) is 23.1 Å². The van der Waals surface area contributed by atoms with Crippen molar-refractivity contribution in [2.75, 3.05) is 13.1 Å². The van der Waals surface area contributed by atoms with Crippen molar-refractivity contribution in [2.45, 2.75) is 24.6 Å². The summed E-state index contributed by atoms with van der Waals surface area (Å²) in [5, 5.41) is 0. The lowest BCUT2D eigenvalue weighted by Crippen LogP contribution is -2.30. The van der Waals surface area contributed by atoms with Crippen molar-refractivity contribution in [1.29, 1.82) is 0 Å². The molecular formula is C13H16BrClFNO2S. The molecule has 0 N–H and O–H groups in total. The van der Waals surface area contributed by atoms with Crippen molar-refractivity contribution in [2.24, 2.45) is 11.8 Å². The minimum Gasteiger partial charge on any atom is -0.207 e. The molecule has 1 aromatic carbocycles. The molecule has 0 spiro atoms. The minimum atomic E-state index is -3.82. The zero-order valence-corrected chi connectivity index (χ0v) is 14.4. The molecule has 0 aromatic heterocycles. The Kier molecular flexibility index (Phi) is 4.79. The summed E-state index contributed by atoms with van der Waals surface area (Å²) < 4.78 is 41.3. The summed E-state index contributed by atoms with van der Waals surface area (Å²) in [5.41, 5.74) is 0.180. The first-order valence-corrected chi connectivity index (χ1v) is 9.08. The van der Waals surface area contributed by atoms with Crippen LogP contribution in [-0.4, -0.2) is 25.8 Å². The highest BCUT2D eigenvalue weighted by atomic mass is 79.9. The van der Waals surface area contributed by atoms with Gasteiger partial charge >= 0.3 is 0 Å². The van der Waals surface area contributed by atoms with Crippen LogP contribution in [0.2, 0.25) is 0 Å². The Bertz CT molecular complexity index is 613. The van der Waals surface area contributed by atoms with Crippen LogP contribution in [0.1, 0.15) is 19.4 Å². The highest BCUT2D eigenvalue weighted by Crippen LogP contribution is 2.32. The Hall–Kier alpha value is -0.170. The van der Waals surface area contributed by atoms with Gasteiger partial charge in [-0.2, -0.15) is 4.31 Å². The van der Waals surface area contributed by atoms with Crippen molar-refractivity contribution in [3.63, 3.8) is 0 Å². The molecule has 0 bridgehead atoms. The maximum absolute atomic E-state index is 14.3. The number of rotatable bonds is 3. The maximum atomic E-state index is 14.3. The van der Waals surface area contributed by atoms with E-state index in [4.69, 9.17) is 11.6 Å². The van der Waals surface area contributed by atoms with E-state index in [1.165, 1.54) is 16.4 Å². The Labute approximate surface area is 132 Å². The Balaban J connectivity index is 2.48. The second-order valence-electron chi connectivity index (χ2n) is 5.29. The zero-order chi connectivity index (χ0) is 15.1. The van der Waals surface area contributed by atoms with Gasteiger partial charge in [-0.25, -0.2) is 12.8 Å². The molecule has 2 rings (SSSR count). The number of benzene rings is 1. The first-order chi connectivity index (χ1) is 9.27. The first kappa shape index (κ1) is 16.2. The van der Waals surface area contributed by atoms with Gasteiger partial charge in [0.05, 0.1) is 5.88 Å². The van der Waals surface area contributed by atoms with E-state index in [1.807, 2.05) is 13.8 Å². The van der Waals surface area contributed by atoms with Crippen molar-refractivity contribution in [1.82, 2.24) is 4.31 Å². The molecule has 0 aliphatic carbocycles. The number of halogens is 3. The van der Waals surface area contributed by atoms with Gasteiger partial charge in [-0.15, -0.1) is 11.6 Å². The van der Waals surface area contributed by atoms with Crippen LogP contribution in [0.25, 0.3) is 0 Å². The van der Waals surface area contributed by atoms with E-state index in [9.17, 15) is 12.8 Å². The molecule has 1 heterocycles. The normalized spacial score (nSPS) is 24.2. The third-order valence-electron chi connectivity index (χ3n) is 3.80. The third kappa shape index (κ3) is 2.89. The predicted molar refractivity (Wildman–Crippen MR) is 80.7 cm³/mol. The molecule has 0 amide bonds. The van der Waals surface area contributed by atoms with E-state index in [0.29, 0.717) is 17.6 Å². The summed E-state index contributed by atoms with van der Waals surface area (Å²) >= 11 is 8.87. The van der Waals surface area contributed by atoms with E-state index in [-0.39, 0.29) is 28.2 Å². The van der Waals surface area contributed by atoms with Gasteiger partial charge in [0.15, 0.2) is 0 Å². The quantitative estimate of drug-likeness (QED) is 0.747. The third-order valence-corrected chi connectivity index (χ3v) is 6.37. The van der Waals surface area contributed by atoms with Crippen LogP contribution in [0.3, 0.4) is 0 Å². The molecule has 0 radical (unpaired) electrons. The van der Waals surface area contributed by atoms with Crippen molar-refractivity contribution < 1.29 is 12.8 Å². The summed E-state index contributed by atoms with van der Waals surface area (Å²) in [7, 11) is -3.82. The second-order valence-corrected chi connectivity index (χ2v) is 8.38. The van der Waals surface area contributed by atoms with Crippen LogP contribution >= 0.6 is 27.5 Å². The van der Waals surface area contributed by atoms with Crippen LogP contribution in [-0.2, 0) is 15.9 Å². The number of nitrogens with zero attached hydrogens (tertiary/aromatic N) is 1. The van der Waals surface area contributed by atoms with Gasteiger partial charge < -0.3 is 0 Å². The number of hydrogen-bond donors (Lipinski definition) is 0. The van der Waals surface area contributed by atoms with Crippen LogP contribution in [0.15, 0.2) is 21.5 Å². The molecule has 2 atom stereocenters. The molecule has 0 saturated carbocycles. The van der Waals surface area contributed by atoms with Crippen molar-refractivity contribution in [3.8, 4) is 0 Å². The van der Waals surface area contributed by atoms with Crippen LogP contribution < -0.4 is 0 Å². The smallest absolute Gasteiger partial charge is 0.207 e. The number of hydrogen-bond acceptors (Lipinski definition) is 2. The summed E-state index contributed by atoms with van der Waals surface area (Å²) in [6.07, 6.45) is 0. The fraction of sp³-hybridized carbons (Fsp3) is 0.538. The molecule has 1 aliphatic rings. The zero-order valence-electron chi connectivity index (χ0n) is 11.2. The van der Waals surface area contributed by atoms with E-state index >= 15 is 0 Å². The molecule has 1 fully saturated rings. The van der Waals surface area contributed by atoms with Crippen molar-refractivity contribution in [3.05, 3.63) is 28.0 Å². The fourth-order valence-corrected chi connectivity index (χ4v) is 4.94. The van der Waals surface area contributed by atoms with E-state index in [2.05, 4.69) is 15.9 Å². The molecule has 7 heteroatoms. The lowest BCUT2D eigenvalue weighted by atomic mass is 10.0. The Morgan fingerprint density at radius 3 is 2.40 bits per heavy atom. The van der Waals surface area contributed by atoms with Gasteiger partial charge in [0.1, 0.15) is 10.7 Å². The van der Waals surface area contributed by atoms with Crippen LogP contribution in [0, 0.1) is 17.7 Å². The highest BCUT2D eigenvalue weighted by Gasteiger charge is 2.36. The number of alkyl halides is 1. The minimum absolute atomic E-state index is 0.0689. The van der Waals surface area contributed by atoms with Gasteiger partial charge in [0.2, 0.25) is 10.0 Å². The average molecular weight is 385 g/mol. The summed E-state index contributed by atoms with van der Waals surface area (Å²) in [6, 6.07) is 2.80. The SMILES string of the molecule is CC1CN(S(=O)(=O)c2cc(Br)cc(CCl)c2F)CC1C. The lowest BCUT2D eigenvalue weighted by Gasteiger charge is -2.18. The monoisotopic (exact) mass is 383 g/mol. The van der Waals surface area contributed by atoms with E-state index in [0.717, 1.165) is 0 Å². The average Bonchev–Trinajstić information content (AvgIpc) is 2.72. The first-order valence-electron chi connectivity index (χ1n) is 6.31. The highest BCUT2D eigenvalue weighted by molar-refractivity contribution is 9.10. The summed E-state index contributed by atoms with van der Waals surface area (Å²) in [6.45, 7) is 4.85. The molecule has 3 nitrogen and oxygen atoms in total. The van der Waals surface area contributed by atoms with Gasteiger partial charge in [-0.3, -0.25) is 0 Å². The number of sulfonamides is 1.